The van der Waals surface area contributed by atoms with Gasteiger partial charge in [-0.3, -0.25) is 0 Å². The van der Waals surface area contributed by atoms with Crippen LogP contribution in [-0.2, 0) is 0 Å². The smallest absolute Gasteiger partial charge is 0.185 e. The molecule has 0 bridgehead atoms. The van der Waals surface area contributed by atoms with Crippen LogP contribution in [0.4, 0.5) is 5.13 Å². The molecule has 1 N–H and O–H groups in total. The van der Waals surface area contributed by atoms with Crippen molar-refractivity contribution in [1.82, 2.24) is 4.98 Å². The zero-order valence-corrected chi connectivity index (χ0v) is 8.90. The van der Waals surface area contributed by atoms with Crippen LogP contribution in [0.1, 0.15) is 17.7 Å². The summed E-state index contributed by atoms with van der Waals surface area (Å²) in [5.41, 5.74) is 0. The van der Waals surface area contributed by atoms with E-state index in [4.69, 9.17) is 16.9 Å². The first-order chi connectivity index (χ1) is 6.79. The van der Waals surface area contributed by atoms with Gasteiger partial charge in [0.25, 0.3) is 0 Å². The van der Waals surface area contributed by atoms with Crippen molar-refractivity contribution in [2.45, 2.75) is 18.9 Å². The van der Waals surface area contributed by atoms with Crippen LogP contribution < -0.4 is 5.32 Å². The lowest BCUT2D eigenvalue weighted by Crippen LogP contribution is -2.14. The molecule has 1 heterocycles. The van der Waals surface area contributed by atoms with E-state index in [-0.39, 0.29) is 0 Å². The SMILES string of the molecule is N#Cc1sc(NC2CC=CC2)nc1Cl. The van der Waals surface area contributed by atoms with E-state index >= 15 is 0 Å². The van der Waals surface area contributed by atoms with E-state index in [0.29, 0.717) is 16.1 Å². The average Bonchev–Trinajstić information content (AvgIpc) is 2.76. The minimum atomic E-state index is 0.297. The van der Waals surface area contributed by atoms with Crippen molar-refractivity contribution >= 4 is 28.1 Å². The second-order valence-corrected chi connectivity index (χ2v) is 4.39. The summed E-state index contributed by atoms with van der Waals surface area (Å²) in [5, 5.41) is 13.0. The van der Waals surface area contributed by atoms with E-state index < -0.39 is 0 Å². The highest BCUT2D eigenvalue weighted by Crippen LogP contribution is 2.27. The van der Waals surface area contributed by atoms with Crippen LogP contribution in [-0.4, -0.2) is 11.0 Å². The minimum Gasteiger partial charge on any atom is -0.358 e. The van der Waals surface area contributed by atoms with Gasteiger partial charge >= 0.3 is 0 Å². The Bertz CT molecular complexity index is 397. The molecule has 1 aliphatic rings. The summed E-state index contributed by atoms with van der Waals surface area (Å²) < 4.78 is 0. The van der Waals surface area contributed by atoms with E-state index in [0.717, 1.165) is 18.0 Å². The van der Waals surface area contributed by atoms with Crippen LogP contribution in [0.15, 0.2) is 12.2 Å². The lowest BCUT2D eigenvalue weighted by atomic mass is 10.2. The van der Waals surface area contributed by atoms with Crippen molar-refractivity contribution in [2.24, 2.45) is 0 Å². The van der Waals surface area contributed by atoms with Gasteiger partial charge in [0.1, 0.15) is 10.9 Å². The first-order valence-corrected chi connectivity index (χ1v) is 5.47. The fourth-order valence-electron chi connectivity index (χ4n) is 1.34. The molecule has 0 amide bonds. The van der Waals surface area contributed by atoms with Gasteiger partial charge in [0.2, 0.25) is 0 Å². The van der Waals surface area contributed by atoms with Crippen molar-refractivity contribution in [1.29, 1.82) is 5.26 Å². The summed E-state index contributed by atoms with van der Waals surface area (Å²) >= 11 is 7.06. The summed E-state index contributed by atoms with van der Waals surface area (Å²) in [4.78, 5) is 4.54. The molecule has 72 valence electrons. The third-order valence-electron chi connectivity index (χ3n) is 2.02. The van der Waals surface area contributed by atoms with Crippen molar-refractivity contribution in [2.75, 3.05) is 5.32 Å². The molecule has 1 aromatic heterocycles. The minimum absolute atomic E-state index is 0.297. The summed E-state index contributed by atoms with van der Waals surface area (Å²) in [5.74, 6) is 0. The molecule has 0 atom stereocenters. The van der Waals surface area contributed by atoms with Gasteiger partial charge in [0.05, 0.1) is 0 Å². The lowest BCUT2D eigenvalue weighted by molar-refractivity contribution is 0.785. The summed E-state index contributed by atoms with van der Waals surface area (Å²) in [6, 6.07) is 2.42. The Labute approximate surface area is 91.0 Å². The first-order valence-electron chi connectivity index (χ1n) is 4.27. The van der Waals surface area contributed by atoms with Crippen LogP contribution >= 0.6 is 22.9 Å². The highest BCUT2D eigenvalue weighted by atomic mass is 35.5. The number of aromatic nitrogens is 1. The molecule has 1 aliphatic carbocycles. The van der Waals surface area contributed by atoms with Gasteiger partial charge in [-0.2, -0.15) is 5.26 Å². The largest absolute Gasteiger partial charge is 0.358 e. The summed E-state index contributed by atoms with van der Waals surface area (Å²) in [6.45, 7) is 0. The molecule has 0 saturated carbocycles. The zero-order valence-electron chi connectivity index (χ0n) is 7.33. The molecule has 5 heteroatoms. The maximum Gasteiger partial charge on any atom is 0.185 e. The summed E-state index contributed by atoms with van der Waals surface area (Å²) in [6.07, 6.45) is 6.30. The molecular weight excluding hydrogens is 218 g/mol. The number of nitrogens with zero attached hydrogens (tertiary/aromatic N) is 2. The van der Waals surface area contributed by atoms with E-state index in [1.165, 1.54) is 11.3 Å². The Morgan fingerprint density at radius 3 is 2.86 bits per heavy atom. The molecule has 3 nitrogen and oxygen atoms in total. The molecule has 0 fully saturated rings. The second-order valence-electron chi connectivity index (χ2n) is 3.03. The maximum absolute atomic E-state index is 8.69. The van der Waals surface area contributed by atoms with Crippen molar-refractivity contribution in [3.63, 3.8) is 0 Å². The molecule has 0 aromatic carbocycles. The molecule has 0 spiro atoms. The molecule has 0 unspecified atom stereocenters. The second kappa shape index (κ2) is 3.99. The topological polar surface area (TPSA) is 48.7 Å². The fourth-order valence-corrected chi connectivity index (χ4v) is 2.37. The van der Waals surface area contributed by atoms with Gasteiger partial charge in [-0.05, 0) is 12.8 Å². The van der Waals surface area contributed by atoms with Crippen LogP contribution in [0.25, 0.3) is 0 Å². The third kappa shape index (κ3) is 1.89. The fraction of sp³-hybridized carbons (Fsp3) is 0.333. The average molecular weight is 226 g/mol. The highest BCUT2D eigenvalue weighted by Gasteiger charge is 2.14. The Morgan fingerprint density at radius 2 is 2.29 bits per heavy atom. The molecule has 0 radical (unpaired) electrons. The van der Waals surface area contributed by atoms with Crippen molar-refractivity contribution in [3.8, 4) is 6.07 Å². The maximum atomic E-state index is 8.69. The third-order valence-corrected chi connectivity index (χ3v) is 3.30. The number of nitrogens with one attached hydrogen (secondary N) is 1. The highest BCUT2D eigenvalue weighted by molar-refractivity contribution is 7.16. The Kier molecular flexibility index (Phi) is 2.71. The first kappa shape index (κ1) is 9.50. The van der Waals surface area contributed by atoms with Crippen LogP contribution in [0.5, 0.6) is 0 Å². The monoisotopic (exact) mass is 225 g/mol. The van der Waals surface area contributed by atoms with Crippen LogP contribution in [0, 0.1) is 11.3 Å². The standard InChI is InChI=1S/C9H8ClN3S/c10-8-7(5-11)14-9(13-8)12-6-3-1-2-4-6/h1-2,6H,3-4H2,(H,12,13). The number of hydrogen-bond donors (Lipinski definition) is 1. The van der Waals surface area contributed by atoms with Gasteiger partial charge in [-0.1, -0.05) is 35.1 Å². The van der Waals surface area contributed by atoms with Crippen molar-refractivity contribution in [3.05, 3.63) is 22.2 Å². The number of rotatable bonds is 2. The molecule has 14 heavy (non-hydrogen) atoms. The van der Waals surface area contributed by atoms with Gasteiger partial charge in [-0.25, -0.2) is 4.98 Å². The molecular formula is C9H8ClN3S. The van der Waals surface area contributed by atoms with Gasteiger partial charge in [0, 0.05) is 6.04 Å². The quantitative estimate of drug-likeness (QED) is 0.788. The van der Waals surface area contributed by atoms with Gasteiger partial charge < -0.3 is 5.32 Å². The normalized spacial score (nSPS) is 15.7. The van der Waals surface area contributed by atoms with Gasteiger partial charge in [0.15, 0.2) is 10.3 Å². The zero-order chi connectivity index (χ0) is 9.97. The van der Waals surface area contributed by atoms with Crippen LogP contribution in [0.3, 0.4) is 0 Å². The number of thiazole rings is 1. The number of halogens is 1. The Morgan fingerprint density at radius 1 is 1.57 bits per heavy atom. The summed E-state index contributed by atoms with van der Waals surface area (Å²) in [7, 11) is 0. The van der Waals surface area contributed by atoms with Gasteiger partial charge in [-0.15, -0.1) is 0 Å². The molecule has 1 aromatic rings. The van der Waals surface area contributed by atoms with E-state index in [2.05, 4.69) is 22.5 Å². The lowest BCUT2D eigenvalue weighted by Gasteiger charge is -2.09. The number of anilines is 1. The number of nitriles is 1. The predicted molar refractivity (Wildman–Crippen MR) is 57.6 cm³/mol. The van der Waals surface area contributed by atoms with E-state index in [1.807, 2.05) is 6.07 Å². The predicted octanol–water partition coefficient (Wildman–Crippen LogP) is 2.80. The Hall–Kier alpha value is -1.05. The van der Waals surface area contributed by atoms with Crippen LogP contribution in [0.2, 0.25) is 5.15 Å². The number of hydrogen-bond acceptors (Lipinski definition) is 4. The Balaban J connectivity index is 2.06. The molecule has 2 rings (SSSR count). The molecule has 0 saturated heterocycles. The van der Waals surface area contributed by atoms with Crippen molar-refractivity contribution < 1.29 is 0 Å². The van der Waals surface area contributed by atoms with E-state index in [9.17, 15) is 0 Å². The van der Waals surface area contributed by atoms with E-state index in [1.54, 1.807) is 0 Å². The molecule has 0 aliphatic heterocycles.